The summed E-state index contributed by atoms with van der Waals surface area (Å²) in [6.07, 6.45) is 0.451. The molecule has 0 aliphatic carbocycles. The van der Waals surface area contributed by atoms with Crippen LogP contribution in [0.5, 0.6) is 0 Å². The molecule has 0 aromatic carbocycles. The van der Waals surface area contributed by atoms with Gasteiger partial charge in [0.25, 0.3) is 0 Å². The largest absolute Gasteiger partial charge is 0.481 e. The van der Waals surface area contributed by atoms with Gasteiger partial charge in [-0.25, -0.2) is 4.79 Å². The molecule has 0 rings (SSSR count). The average molecular weight is 687 g/mol. The van der Waals surface area contributed by atoms with Gasteiger partial charge in [-0.1, -0.05) is 0 Å². The van der Waals surface area contributed by atoms with E-state index in [0.29, 0.717) is 138 Å². The highest BCUT2D eigenvalue weighted by molar-refractivity contribution is 5.80. The van der Waals surface area contributed by atoms with E-state index in [1.165, 1.54) is 0 Å². The van der Waals surface area contributed by atoms with Crippen LogP contribution < -0.4 is 10.6 Å². The molecule has 0 atom stereocenters. The molecule has 0 radical (unpaired) electrons. The minimum atomic E-state index is -1.13. The van der Waals surface area contributed by atoms with Crippen LogP contribution in [0.1, 0.15) is 19.3 Å². The van der Waals surface area contributed by atoms with E-state index in [4.69, 9.17) is 52.8 Å². The van der Waals surface area contributed by atoms with Crippen molar-refractivity contribution < 1.29 is 76.8 Å². The van der Waals surface area contributed by atoms with Crippen LogP contribution in [-0.4, -0.2) is 179 Å². The number of amides is 2. The number of aliphatic carboxylic acids is 2. The Morgan fingerprint density at radius 2 is 0.723 bits per heavy atom. The Bertz CT molecular complexity index is 762. The lowest BCUT2D eigenvalue weighted by molar-refractivity contribution is -0.143. The number of hydrogen-bond donors (Lipinski definition) is 4. The van der Waals surface area contributed by atoms with Crippen molar-refractivity contribution in [2.24, 2.45) is 0 Å². The molecule has 2 amide bonds. The minimum Gasteiger partial charge on any atom is -0.481 e. The molecule has 276 valence electrons. The maximum absolute atomic E-state index is 11.4. The Balaban J connectivity index is 3.13. The van der Waals surface area contributed by atoms with Crippen molar-refractivity contribution in [3.05, 3.63) is 0 Å². The molecule has 0 saturated carbocycles. The van der Waals surface area contributed by atoms with E-state index in [2.05, 4.69) is 15.4 Å². The number of hydrogen-bond acceptors (Lipinski definition) is 14. The summed E-state index contributed by atoms with van der Waals surface area (Å²) in [5.74, 6) is -2.80. The first kappa shape index (κ1) is 44.5. The molecule has 0 saturated heterocycles. The maximum atomic E-state index is 11.4. The Hall–Kier alpha value is -2.52. The maximum Gasteiger partial charge on any atom is 0.329 e. The molecule has 0 spiro atoms. The summed E-state index contributed by atoms with van der Waals surface area (Å²) < 4.78 is 53.3. The summed E-state index contributed by atoms with van der Waals surface area (Å²) in [6.45, 7) is 7.72. The van der Waals surface area contributed by atoms with Gasteiger partial charge in [-0.05, 0) is 6.42 Å². The third-order valence-electron chi connectivity index (χ3n) is 5.36. The first-order chi connectivity index (χ1) is 22.9. The summed E-state index contributed by atoms with van der Waals surface area (Å²) in [6, 6.07) is 0. The van der Waals surface area contributed by atoms with Crippen molar-refractivity contribution in [2.75, 3.05) is 145 Å². The van der Waals surface area contributed by atoms with Crippen molar-refractivity contribution in [3.8, 4) is 0 Å². The van der Waals surface area contributed by atoms with Gasteiger partial charge in [0.05, 0.1) is 119 Å². The molecular weight excluding hydrogens is 632 g/mol. The fraction of sp³-hybridized carbons (Fsp3) is 0.862. The van der Waals surface area contributed by atoms with Gasteiger partial charge in [-0.2, -0.15) is 0 Å². The summed E-state index contributed by atoms with van der Waals surface area (Å²) in [5, 5.41) is 22.1. The van der Waals surface area contributed by atoms with Gasteiger partial charge in [-0.3, -0.25) is 14.4 Å². The van der Waals surface area contributed by atoms with Crippen LogP contribution in [0.15, 0.2) is 0 Å². The molecule has 0 aromatic rings. The average Bonchev–Trinajstić information content (AvgIpc) is 3.04. The van der Waals surface area contributed by atoms with E-state index in [1.807, 2.05) is 0 Å². The molecular formula is C29H54N2O16. The van der Waals surface area contributed by atoms with Crippen LogP contribution in [0, 0.1) is 0 Å². The molecule has 0 fully saturated rings. The Labute approximate surface area is 275 Å². The summed E-state index contributed by atoms with van der Waals surface area (Å²) in [4.78, 5) is 43.4. The van der Waals surface area contributed by atoms with Crippen molar-refractivity contribution >= 4 is 23.8 Å². The molecule has 0 aliphatic heterocycles. The lowest BCUT2D eigenvalue weighted by Gasteiger charge is -2.09. The lowest BCUT2D eigenvalue weighted by atomic mass is 10.3. The van der Waals surface area contributed by atoms with Crippen molar-refractivity contribution in [2.45, 2.75) is 19.3 Å². The van der Waals surface area contributed by atoms with Crippen LogP contribution in [0.25, 0.3) is 0 Å². The Morgan fingerprint density at radius 3 is 1.11 bits per heavy atom. The molecule has 18 nitrogen and oxygen atoms in total. The van der Waals surface area contributed by atoms with Crippen molar-refractivity contribution in [3.63, 3.8) is 0 Å². The molecule has 0 bridgehead atoms. The first-order valence-corrected chi connectivity index (χ1v) is 15.7. The van der Waals surface area contributed by atoms with E-state index < -0.39 is 24.5 Å². The number of carbonyl (C=O) groups is 4. The van der Waals surface area contributed by atoms with Gasteiger partial charge in [0.15, 0.2) is 0 Å². The molecule has 0 aromatic heterocycles. The van der Waals surface area contributed by atoms with Gasteiger partial charge >= 0.3 is 11.9 Å². The third-order valence-corrected chi connectivity index (χ3v) is 5.36. The highest BCUT2D eigenvalue weighted by Gasteiger charge is 2.05. The van der Waals surface area contributed by atoms with Crippen molar-refractivity contribution in [1.82, 2.24) is 10.6 Å². The van der Waals surface area contributed by atoms with Crippen molar-refractivity contribution in [1.29, 1.82) is 0 Å². The second-order valence-electron chi connectivity index (χ2n) is 9.35. The number of rotatable bonds is 38. The van der Waals surface area contributed by atoms with Crippen LogP contribution >= 0.6 is 0 Å². The predicted molar refractivity (Wildman–Crippen MR) is 163 cm³/mol. The Kier molecular flexibility index (Phi) is 34.4. The zero-order chi connectivity index (χ0) is 34.5. The highest BCUT2D eigenvalue weighted by atomic mass is 16.6. The second-order valence-corrected chi connectivity index (χ2v) is 9.35. The monoisotopic (exact) mass is 686 g/mol. The zero-order valence-electron chi connectivity index (χ0n) is 27.3. The van der Waals surface area contributed by atoms with E-state index in [1.54, 1.807) is 0 Å². The number of carboxylic acids is 2. The zero-order valence-corrected chi connectivity index (χ0v) is 27.3. The van der Waals surface area contributed by atoms with Crippen LogP contribution in [0.4, 0.5) is 0 Å². The number of nitrogens with one attached hydrogen (secondary N) is 2. The van der Waals surface area contributed by atoms with Gasteiger partial charge in [0.1, 0.15) is 13.2 Å². The van der Waals surface area contributed by atoms with E-state index in [9.17, 15) is 19.2 Å². The highest BCUT2D eigenvalue weighted by Crippen LogP contribution is 1.90. The standard InChI is InChI=1S/C29H54N2O16/c32-26(2-3-28(34)35)30-4-1-6-38-8-10-40-12-14-42-16-18-44-20-22-46-23-21-45-19-17-43-15-13-41-11-9-39-7-5-31-27(33)24-47-25-29(36)37/h1-25H2,(H,30,32)(H,31,33)(H,34,35)(H,36,37). The van der Waals surface area contributed by atoms with Gasteiger partial charge in [-0.15, -0.1) is 0 Å². The van der Waals surface area contributed by atoms with Gasteiger partial charge < -0.3 is 68.2 Å². The third kappa shape index (κ3) is 39.6. The normalized spacial score (nSPS) is 11.1. The van der Waals surface area contributed by atoms with Crippen LogP contribution in [0.2, 0.25) is 0 Å². The van der Waals surface area contributed by atoms with Gasteiger partial charge in [0.2, 0.25) is 11.8 Å². The topological polar surface area (TPSA) is 225 Å². The van der Waals surface area contributed by atoms with Crippen LogP contribution in [-0.2, 0) is 66.5 Å². The fourth-order valence-corrected chi connectivity index (χ4v) is 3.12. The van der Waals surface area contributed by atoms with E-state index >= 15 is 0 Å². The predicted octanol–water partition coefficient (Wildman–Crippen LogP) is -1.28. The molecule has 0 unspecified atom stereocenters. The first-order valence-electron chi connectivity index (χ1n) is 15.7. The molecule has 47 heavy (non-hydrogen) atoms. The Morgan fingerprint density at radius 1 is 0.362 bits per heavy atom. The molecule has 0 heterocycles. The fourth-order valence-electron chi connectivity index (χ4n) is 3.12. The van der Waals surface area contributed by atoms with E-state index in [0.717, 1.165) is 0 Å². The quantitative estimate of drug-likeness (QED) is 0.0555. The summed E-state index contributed by atoms with van der Waals surface area (Å²) >= 11 is 0. The van der Waals surface area contributed by atoms with Gasteiger partial charge in [0, 0.05) is 26.1 Å². The number of carboxylic acid groups (broad SMARTS) is 2. The molecule has 4 N–H and O–H groups in total. The van der Waals surface area contributed by atoms with Crippen LogP contribution in [0.3, 0.4) is 0 Å². The molecule has 0 aliphatic rings. The number of ether oxygens (including phenoxy) is 10. The number of carbonyl (C=O) groups excluding carboxylic acids is 2. The summed E-state index contributed by atoms with van der Waals surface area (Å²) in [7, 11) is 0. The smallest absolute Gasteiger partial charge is 0.329 e. The second kappa shape index (κ2) is 36.3. The summed E-state index contributed by atoms with van der Waals surface area (Å²) in [5.41, 5.74) is 0. The minimum absolute atomic E-state index is 0.0184. The lowest BCUT2D eigenvalue weighted by Crippen LogP contribution is -2.31. The van der Waals surface area contributed by atoms with E-state index in [-0.39, 0.29) is 25.4 Å². The molecule has 18 heteroatoms. The SMILES string of the molecule is O=C(O)CCC(=O)NCCCOCCOCCOCCOCCOCCOCCOCCOCCOCCNC(=O)COCC(=O)O.